The fraction of sp³-hybridized carbons (Fsp3) is 0.909. The summed E-state index contributed by atoms with van der Waals surface area (Å²) in [6.45, 7) is 2.57. The largest absolute Gasteiger partial charge is 0.465 e. The normalized spacial score (nSPS) is 24.9. The molecule has 0 aromatic rings. The van der Waals surface area contributed by atoms with E-state index in [1.54, 1.807) is 0 Å². The minimum absolute atomic E-state index is 0.0866. The second-order valence-corrected chi connectivity index (χ2v) is 4.64. The van der Waals surface area contributed by atoms with Crippen molar-refractivity contribution in [1.82, 2.24) is 0 Å². The van der Waals surface area contributed by atoms with Gasteiger partial charge in [-0.25, -0.2) is 0 Å². The van der Waals surface area contributed by atoms with Crippen LogP contribution >= 0.6 is 0 Å². The summed E-state index contributed by atoms with van der Waals surface area (Å²) in [7, 11) is 0. The summed E-state index contributed by atoms with van der Waals surface area (Å²) >= 11 is 0. The van der Waals surface area contributed by atoms with Crippen LogP contribution in [0.3, 0.4) is 0 Å². The van der Waals surface area contributed by atoms with Crippen molar-refractivity contribution >= 4 is 5.97 Å². The van der Waals surface area contributed by atoms with Crippen LogP contribution in [0, 0.1) is 11.3 Å². The number of nitrogens with two attached hydrogens (primary N) is 1. The van der Waals surface area contributed by atoms with Crippen molar-refractivity contribution in [2.24, 2.45) is 17.1 Å². The maximum Gasteiger partial charge on any atom is 0.313 e. The quantitative estimate of drug-likeness (QED) is 0.698. The van der Waals surface area contributed by atoms with Crippen LogP contribution in [0.1, 0.15) is 25.7 Å². The van der Waals surface area contributed by atoms with E-state index in [9.17, 15) is 4.79 Å². The Morgan fingerprint density at radius 3 is 2.60 bits per heavy atom. The van der Waals surface area contributed by atoms with E-state index in [2.05, 4.69) is 0 Å². The van der Waals surface area contributed by atoms with Crippen molar-refractivity contribution in [3.05, 3.63) is 0 Å². The van der Waals surface area contributed by atoms with Gasteiger partial charge in [-0.05, 0) is 31.6 Å². The van der Waals surface area contributed by atoms with E-state index in [1.807, 2.05) is 0 Å². The highest BCUT2D eigenvalue weighted by molar-refractivity contribution is 5.80. The van der Waals surface area contributed by atoms with Gasteiger partial charge in [0.25, 0.3) is 0 Å². The van der Waals surface area contributed by atoms with Crippen molar-refractivity contribution in [2.75, 3.05) is 26.4 Å². The molecular formula is C11H19NO3. The summed E-state index contributed by atoms with van der Waals surface area (Å²) in [5.41, 5.74) is 5.24. The van der Waals surface area contributed by atoms with Gasteiger partial charge in [-0.3, -0.25) is 4.79 Å². The Morgan fingerprint density at radius 1 is 1.40 bits per heavy atom. The van der Waals surface area contributed by atoms with E-state index in [1.165, 1.54) is 0 Å². The summed E-state index contributed by atoms with van der Waals surface area (Å²) in [6, 6.07) is 0. The third-order valence-electron chi connectivity index (χ3n) is 3.47. The molecule has 1 heterocycles. The molecule has 0 aromatic carbocycles. The zero-order valence-corrected chi connectivity index (χ0v) is 9.04. The summed E-state index contributed by atoms with van der Waals surface area (Å²) in [5.74, 6) is 0.396. The standard InChI is InChI=1S/C11H19NO3/c12-8-11(3-4-11)10(13)15-7-9-1-5-14-6-2-9/h9H,1-8,12H2. The van der Waals surface area contributed by atoms with Crippen LogP contribution in [0.2, 0.25) is 0 Å². The first-order valence-corrected chi connectivity index (χ1v) is 5.72. The van der Waals surface area contributed by atoms with Crippen LogP contribution in [0.15, 0.2) is 0 Å². The molecule has 0 spiro atoms. The van der Waals surface area contributed by atoms with Crippen molar-refractivity contribution < 1.29 is 14.3 Å². The van der Waals surface area contributed by atoms with E-state index < -0.39 is 0 Å². The Hall–Kier alpha value is -0.610. The molecule has 1 saturated carbocycles. The number of rotatable bonds is 4. The molecule has 2 fully saturated rings. The van der Waals surface area contributed by atoms with Gasteiger partial charge in [0.05, 0.1) is 12.0 Å². The molecular weight excluding hydrogens is 194 g/mol. The molecule has 1 aliphatic carbocycles. The maximum atomic E-state index is 11.7. The lowest BCUT2D eigenvalue weighted by Crippen LogP contribution is -2.30. The molecule has 4 heteroatoms. The highest BCUT2D eigenvalue weighted by Gasteiger charge is 2.50. The number of hydrogen-bond acceptors (Lipinski definition) is 4. The zero-order valence-electron chi connectivity index (χ0n) is 9.04. The fourth-order valence-corrected chi connectivity index (χ4v) is 1.90. The Labute approximate surface area is 90.1 Å². The number of hydrogen-bond donors (Lipinski definition) is 1. The lowest BCUT2D eigenvalue weighted by Gasteiger charge is -2.22. The molecule has 0 unspecified atom stereocenters. The fourth-order valence-electron chi connectivity index (χ4n) is 1.90. The van der Waals surface area contributed by atoms with Gasteiger partial charge in [-0.2, -0.15) is 0 Å². The molecule has 86 valence electrons. The van der Waals surface area contributed by atoms with Gasteiger partial charge in [-0.1, -0.05) is 0 Å². The zero-order chi connectivity index (χ0) is 10.7. The van der Waals surface area contributed by atoms with Crippen molar-refractivity contribution in [3.63, 3.8) is 0 Å². The Bertz CT molecular complexity index is 232. The minimum Gasteiger partial charge on any atom is -0.465 e. The van der Waals surface area contributed by atoms with Gasteiger partial charge >= 0.3 is 5.97 Å². The molecule has 0 radical (unpaired) electrons. The van der Waals surface area contributed by atoms with Crippen molar-refractivity contribution in [3.8, 4) is 0 Å². The molecule has 1 saturated heterocycles. The number of carbonyl (C=O) groups is 1. The molecule has 0 aromatic heterocycles. The van der Waals surface area contributed by atoms with Crippen LogP contribution in [0.5, 0.6) is 0 Å². The first-order valence-electron chi connectivity index (χ1n) is 5.72. The smallest absolute Gasteiger partial charge is 0.313 e. The van der Waals surface area contributed by atoms with Gasteiger partial charge in [-0.15, -0.1) is 0 Å². The molecule has 0 atom stereocenters. The first-order chi connectivity index (χ1) is 7.27. The lowest BCUT2D eigenvalue weighted by molar-refractivity contribution is -0.152. The highest BCUT2D eigenvalue weighted by Crippen LogP contribution is 2.45. The van der Waals surface area contributed by atoms with E-state index in [-0.39, 0.29) is 11.4 Å². The Balaban J connectivity index is 1.70. The number of ether oxygens (including phenoxy) is 2. The van der Waals surface area contributed by atoms with Gasteiger partial charge in [0.15, 0.2) is 0 Å². The predicted molar refractivity (Wildman–Crippen MR) is 55.2 cm³/mol. The Morgan fingerprint density at radius 2 is 2.07 bits per heavy atom. The molecule has 0 bridgehead atoms. The maximum absolute atomic E-state index is 11.7. The minimum atomic E-state index is -0.314. The third-order valence-corrected chi connectivity index (χ3v) is 3.47. The topological polar surface area (TPSA) is 61.6 Å². The van der Waals surface area contributed by atoms with Crippen molar-refractivity contribution in [2.45, 2.75) is 25.7 Å². The summed E-state index contributed by atoms with van der Waals surface area (Å²) in [5, 5.41) is 0. The van der Waals surface area contributed by atoms with Crippen LogP contribution in [0.4, 0.5) is 0 Å². The molecule has 4 nitrogen and oxygen atoms in total. The summed E-state index contributed by atoms with van der Waals surface area (Å²) in [4.78, 5) is 11.7. The monoisotopic (exact) mass is 213 g/mol. The summed E-state index contributed by atoms with van der Waals surface area (Å²) < 4.78 is 10.6. The van der Waals surface area contributed by atoms with Crippen LogP contribution < -0.4 is 5.73 Å². The lowest BCUT2D eigenvalue weighted by atomic mass is 10.0. The van der Waals surface area contributed by atoms with Gasteiger partial charge in [0.1, 0.15) is 0 Å². The average molecular weight is 213 g/mol. The number of carbonyl (C=O) groups excluding carboxylic acids is 1. The molecule has 15 heavy (non-hydrogen) atoms. The second kappa shape index (κ2) is 4.49. The molecule has 2 N–H and O–H groups in total. The molecule has 2 aliphatic rings. The molecule has 1 aliphatic heterocycles. The van der Waals surface area contributed by atoms with Crippen LogP contribution in [-0.4, -0.2) is 32.3 Å². The molecule has 0 amide bonds. The third kappa shape index (κ3) is 2.49. The first kappa shape index (κ1) is 10.9. The molecule has 2 rings (SSSR count). The van der Waals surface area contributed by atoms with E-state index in [0.29, 0.717) is 19.1 Å². The van der Waals surface area contributed by atoms with Gasteiger partial charge in [0.2, 0.25) is 0 Å². The number of esters is 1. The predicted octanol–water partition coefficient (Wildman–Crippen LogP) is 0.695. The van der Waals surface area contributed by atoms with E-state index in [4.69, 9.17) is 15.2 Å². The van der Waals surface area contributed by atoms with Gasteiger partial charge in [0, 0.05) is 19.8 Å². The van der Waals surface area contributed by atoms with E-state index in [0.717, 1.165) is 38.9 Å². The van der Waals surface area contributed by atoms with Crippen molar-refractivity contribution in [1.29, 1.82) is 0 Å². The Kier molecular flexibility index (Phi) is 3.26. The average Bonchev–Trinajstić information content (AvgIpc) is 3.08. The van der Waals surface area contributed by atoms with E-state index >= 15 is 0 Å². The highest BCUT2D eigenvalue weighted by atomic mass is 16.5. The van der Waals surface area contributed by atoms with Gasteiger partial charge < -0.3 is 15.2 Å². The SMILES string of the molecule is NCC1(C(=O)OCC2CCOCC2)CC1. The summed E-state index contributed by atoms with van der Waals surface area (Å²) in [6.07, 6.45) is 3.80. The van der Waals surface area contributed by atoms with Crippen LogP contribution in [0.25, 0.3) is 0 Å². The van der Waals surface area contributed by atoms with Crippen LogP contribution in [-0.2, 0) is 14.3 Å². The second-order valence-electron chi connectivity index (χ2n) is 4.64.